The second kappa shape index (κ2) is 10.2. The van der Waals surface area contributed by atoms with Gasteiger partial charge < -0.3 is 10.6 Å². The van der Waals surface area contributed by atoms with Crippen molar-refractivity contribution >= 4 is 23.6 Å². The molecule has 6 heteroatoms. The number of carbonyl (C=O) groups excluding carboxylic acids is 2. The Bertz CT molecular complexity index is 729. The summed E-state index contributed by atoms with van der Waals surface area (Å²) in [4.78, 5) is 24.4. The molecule has 2 N–H and O–H groups in total. The number of hydrogen-bond donors (Lipinski definition) is 2. The van der Waals surface area contributed by atoms with E-state index in [1.165, 1.54) is 11.8 Å². The summed E-state index contributed by atoms with van der Waals surface area (Å²) >= 11 is 1.43. The maximum Gasteiger partial charge on any atom is 0.251 e. The van der Waals surface area contributed by atoms with Crippen molar-refractivity contribution in [3.05, 3.63) is 71.8 Å². The first-order chi connectivity index (χ1) is 12.2. The predicted molar refractivity (Wildman–Crippen MR) is 98.9 cm³/mol. The smallest absolute Gasteiger partial charge is 0.251 e. The molecule has 5 nitrogen and oxygen atoms in total. The topological polar surface area (TPSA) is 82.0 Å². The van der Waals surface area contributed by atoms with E-state index in [9.17, 15) is 9.59 Å². The van der Waals surface area contributed by atoms with Crippen LogP contribution < -0.4 is 10.6 Å². The average Bonchev–Trinajstić information content (AvgIpc) is 2.67. The molecule has 2 rings (SSSR count). The first kappa shape index (κ1) is 18.6. The Balaban J connectivity index is 1.95. The molecule has 128 valence electrons. The monoisotopic (exact) mass is 353 g/mol. The first-order valence-corrected chi connectivity index (χ1v) is 8.89. The number of nitrogens with zero attached hydrogens (tertiary/aromatic N) is 1. The molecule has 0 aromatic heterocycles. The second-order valence-electron chi connectivity index (χ2n) is 5.24. The number of thioether (sulfide) groups is 1. The molecule has 25 heavy (non-hydrogen) atoms. The Hall–Kier alpha value is -2.78. The molecule has 2 amide bonds. The number of amides is 2. The fourth-order valence-electron chi connectivity index (χ4n) is 2.12. The lowest BCUT2D eigenvalue weighted by atomic mass is 10.2. The Morgan fingerprint density at radius 1 is 1.00 bits per heavy atom. The molecule has 0 heterocycles. The molecule has 1 atom stereocenters. The van der Waals surface area contributed by atoms with Gasteiger partial charge in [0, 0.05) is 17.9 Å². The molecule has 0 aliphatic heterocycles. The molecule has 0 fully saturated rings. The average molecular weight is 353 g/mol. The standard InChI is InChI=1S/C19H19N3O2S/c20-11-12-21-19(24)17(25-14-15-7-3-1-4-8-15)13-22-18(23)16-9-5-2-6-10-16/h1-10,17H,12-14H2,(H,21,24)(H,22,23). The van der Waals surface area contributed by atoms with Crippen molar-refractivity contribution < 1.29 is 9.59 Å². The Kier molecular flexibility index (Phi) is 7.54. The quantitative estimate of drug-likeness (QED) is 0.714. The molecule has 0 saturated carbocycles. The summed E-state index contributed by atoms with van der Waals surface area (Å²) in [6.45, 7) is 0.149. The minimum Gasteiger partial charge on any atom is -0.350 e. The molecule has 0 bridgehead atoms. The summed E-state index contributed by atoms with van der Waals surface area (Å²) in [5.41, 5.74) is 1.65. The Labute approximate surface area is 151 Å². The van der Waals surface area contributed by atoms with E-state index in [0.29, 0.717) is 11.3 Å². The minimum atomic E-state index is -0.471. The lowest BCUT2D eigenvalue weighted by Crippen LogP contribution is -2.41. The van der Waals surface area contributed by atoms with E-state index in [1.54, 1.807) is 24.3 Å². The summed E-state index contributed by atoms with van der Waals surface area (Å²) in [6, 6.07) is 20.5. The summed E-state index contributed by atoms with van der Waals surface area (Å²) in [5.74, 6) is 0.169. The highest BCUT2D eigenvalue weighted by Crippen LogP contribution is 2.18. The van der Waals surface area contributed by atoms with Crippen LogP contribution in [0.2, 0.25) is 0 Å². The molecule has 1 unspecified atom stereocenters. The molecule has 0 aliphatic carbocycles. The van der Waals surface area contributed by atoms with Crippen molar-refractivity contribution in [2.45, 2.75) is 11.0 Å². The Morgan fingerprint density at radius 3 is 2.28 bits per heavy atom. The van der Waals surface area contributed by atoms with Crippen LogP contribution in [0.5, 0.6) is 0 Å². The third-order valence-electron chi connectivity index (χ3n) is 3.41. The van der Waals surface area contributed by atoms with E-state index in [-0.39, 0.29) is 24.9 Å². The Morgan fingerprint density at radius 2 is 1.64 bits per heavy atom. The molecular formula is C19H19N3O2S. The van der Waals surface area contributed by atoms with Gasteiger partial charge in [0.1, 0.15) is 11.8 Å². The largest absolute Gasteiger partial charge is 0.350 e. The number of nitriles is 1. The van der Waals surface area contributed by atoms with Gasteiger partial charge in [-0.1, -0.05) is 48.5 Å². The molecule has 0 aliphatic rings. The number of hydrogen-bond acceptors (Lipinski definition) is 4. The van der Waals surface area contributed by atoms with Crippen LogP contribution in [-0.2, 0) is 10.5 Å². The van der Waals surface area contributed by atoms with E-state index in [2.05, 4.69) is 10.6 Å². The molecule has 2 aromatic rings. The van der Waals surface area contributed by atoms with Crippen LogP contribution >= 0.6 is 11.8 Å². The summed E-state index contributed by atoms with van der Waals surface area (Å²) in [5, 5.41) is 13.5. The van der Waals surface area contributed by atoms with Gasteiger partial charge >= 0.3 is 0 Å². The molecule has 2 aromatic carbocycles. The van der Waals surface area contributed by atoms with Crippen LogP contribution in [0.25, 0.3) is 0 Å². The van der Waals surface area contributed by atoms with Crippen molar-refractivity contribution in [1.82, 2.24) is 10.6 Å². The van der Waals surface area contributed by atoms with Gasteiger partial charge in [-0.05, 0) is 17.7 Å². The number of nitrogens with one attached hydrogen (secondary N) is 2. The zero-order chi connectivity index (χ0) is 17.9. The van der Waals surface area contributed by atoms with Crippen molar-refractivity contribution in [2.24, 2.45) is 0 Å². The van der Waals surface area contributed by atoms with Gasteiger partial charge in [0.05, 0.1) is 6.07 Å². The first-order valence-electron chi connectivity index (χ1n) is 7.84. The lowest BCUT2D eigenvalue weighted by molar-refractivity contribution is -0.120. The SMILES string of the molecule is N#CCNC(=O)C(CNC(=O)c1ccccc1)SCc1ccccc1. The van der Waals surface area contributed by atoms with E-state index < -0.39 is 5.25 Å². The van der Waals surface area contributed by atoms with Crippen molar-refractivity contribution in [1.29, 1.82) is 5.26 Å². The predicted octanol–water partition coefficient (Wildman–Crippen LogP) is 2.36. The molecule has 0 saturated heterocycles. The zero-order valence-corrected chi connectivity index (χ0v) is 14.5. The highest BCUT2D eigenvalue weighted by molar-refractivity contribution is 7.99. The summed E-state index contributed by atoms with van der Waals surface area (Å²) < 4.78 is 0. The molecular weight excluding hydrogens is 334 g/mol. The lowest BCUT2D eigenvalue weighted by Gasteiger charge is -2.16. The van der Waals surface area contributed by atoms with E-state index in [0.717, 1.165) is 5.56 Å². The van der Waals surface area contributed by atoms with Crippen LogP contribution in [0.4, 0.5) is 0 Å². The number of rotatable bonds is 8. The van der Waals surface area contributed by atoms with Crippen LogP contribution in [0.3, 0.4) is 0 Å². The molecule has 0 spiro atoms. The number of carbonyl (C=O) groups is 2. The normalized spacial score (nSPS) is 11.2. The van der Waals surface area contributed by atoms with Crippen LogP contribution in [-0.4, -0.2) is 30.2 Å². The van der Waals surface area contributed by atoms with Gasteiger partial charge in [0.15, 0.2) is 0 Å². The third kappa shape index (κ3) is 6.32. The highest BCUT2D eigenvalue weighted by atomic mass is 32.2. The van der Waals surface area contributed by atoms with Crippen molar-refractivity contribution in [3.8, 4) is 6.07 Å². The van der Waals surface area contributed by atoms with E-state index in [4.69, 9.17) is 5.26 Å². The van der Waals surface area contributed by atoms with Gasteiger partial charge in [0.25, 0.3) is 5.91 Å². The second-order valence-corrected chi connectivity index (χ2v) is 6.43. The number of benzene rings is 2. The van der Waals surface area contributed by atoms with Crippen molar-refractivity contribution in [3.63, 3.8) is 0 Å². The van der Waals surface area contributed by atoms with Crippen LogP contribution in [0.15, 0.2) is 60.7 Å². The van der Waals surface area contributed by atoms with Crippen LogP contribution in [0.1, 0.15) is 15.9 Å². The van der Waals surface area contributed by atoms with E-state index >= 15 is 0 Å². The minimum absolute atomic E-state index is 0.0478. The summed E-state index contributed by atoms with van der Waals surface area (Å²) in [7, 11) is 0. The van der Waals surface area contributed by atoms with Gasteiger partial charge in [-0.25, -0.2) is 0 Å². The maximum absolute atomic E-state index is 12.2. The zero-order valence-electron chi connectivity index (χ0n) is 13.6. The fraction of sp³-hybridized carbons (Fsp3) is 0.211. The summed E-state index contributed by atoms with van der Waals surface area (Å²) in [6.07, 6.45) is 0. The fourth-order valence-corrected chi connectivity index (χ4v) is 3.14. The maximum atomic E-state index is 12.2. The van der Waals surface area contributed by atoms with Crippen LogP contribution in [0, 0.1) is 11.3 Å². The van der Waals surface area contributed by atoms with Gasteiger partial charge in [-0.2, -0.15) is 5.26 Å². The van der Waals surface area contributed by atoms with Gasteiger partial charge in [0.2, 0.25) is 5.91 Å². The van der Waals surface area contributed by atoms with Gasteiger partial charge in [-0.3, -0.25) is 9.59 Å². The van der Waals surface area contributed by atoms with Gasteiger partial charge in [-0.15, -0.1) is 11.8 Å². The molecule has 0 radical (unpaired) electrons. The third-order valence-corrected chi connectivity index (χ3v) is 4.70. The van der Waals surface area contributed by atoms with Crippen molar-refractivity contribution in [2.75, 3.05) is 13.1 Å². The van der Waals surface area contributed by atoms with E-state index in [1.807, 2.05) is 42.5 Å². The highest BCUT2D eigenvalue weighted by Gasteiger charge is 2.20.